The molecule has 1 heterocycles. The van der Waals surface area contributed by atoms with Gasteiger partial charge in [-0.1, -0.05) is 44.0 Å². The number of benzene rings is 2. The van der Waals surface area contributed by atoms with Gasteiger partial charge in [0, 0.05) is 13.1 Å². The first kappa shape index (κ1) is 23.6. The highest BCUT2D eigenvalue weighted by molar-refractivity contribution is 5.94. The Morgan fingerprint density at radius 2 is 1.91 bits per heavy atom. The van der Waals surface area contributed by atoms with Gasteiger partial charge in [-0.3, -0.25) is 14.4 Å². The molecule has 1 N–H and O–H groups in total. The fourth-order valence-corrected chi connectivity index (χ4v) is 3.97. The monoisotopic (exact) mass is 440 g/mol. The van der Waals surface area contributed by atoms with E-state index in [1.54, 1.807) is 7.11 Å². The molecular weight excluding hydrogens is 408 g/mol. The topological polar surface area (TPSA) is 84.9 Å². The second kappa shape index (κ2) is 11.0. The quantitative estimate of drug-likeness (QED) is 0.477. The zero-order valence-corrected chi connectivity index (χ0v) is 19.1. The number of amides is 2. The summed E-state index contributed by atoms with van der Waals surface area (Å²) in [4.78, 5) is 39.6. The molecule has 0 aliphatic carbocycles. The molecule has 0 spiro atoms. The molecular formula is C25H32N2O5. The lowest BCUT2D eigenvalue weighted by atomic mass is 9.95. The maximum Gasteiger partial charge on any atom is 0.308 e. The van der Waals surface area contributed by atoms with Crippen LogP contribution in [-0.2, 0) is 19.1 Å². The van der Waals surface area contributed by atoms with Crippen molar-refractivity contribution >= 4 is 28.6 Å². The lowest BCUT2D eigenvalue weighted by Crippen LogP contribution is -2.58. The van der Waals surface area contributed by atoms with Gasteiger partial charge in [0.25, 0.3) is 0 Å². The molecule has 1 fully saturated rings. The Morgan fingerprint density at radius 3 is 2.66 bits per heavy atom. The van der Waals surface area contributed by atoms with E-state index in [0.717, 1.165) is 41.3 Å². The maximum atomic E-state index is 13.3. The normalized spacial score (nSPS) is 17.0. The summed E-state index contributed by atoms with van der Waals surface area (Å²) in [6.45, 7) is 4.99. The van der Waals surface area contributed by atoms with Gasteiger partial charge in [0.2, 0.25) is 11.8 Å². The molecule has 1 unspecified atom stereocenters. The molecule has 32 heavy (non-hydrogen) atoms. The molecule has 1 aliphatic heterocycles. The number of fused-ring (bicyclic) bond motifs is 1. The van der Waals surface area contributed by atoms with Gasteiger partial charge in [-0.15, -0.1) is 0 Å². The van der Waals surface area contributed by atoms with Crippen molar-refractivity contribution in [1.82, 2.24) is 10.2 Å². The van der Waals surface area contributed by atoms with Crippen LogP contribution in [0.4, 0.5) is 0 Å². The molecule has 172 valence electrons. The van der Waals surface area contributed by atoms with Gasteiger partial charge in [0.15, 0.2) is 0 Å². The minimum absolute atomic E-state index is 0.131. The number of carbonyl (C=O) groups excluding carboxylic acids is 3. The number of esters is 1. The minimum Gasteiger partial charge on any atom is -0.497 e. The van der Waals surface area contributed by atoms with Crippen LogP contribution in [0.15, 0.2) is 36.4 Å². The Kier molecular flexibility index (Phi) is 8.09. The van der Waals surface area contributed by atoms with Crippen molar-refractivity contribution in [2.75, 3.05) is 26.8 Å². The minimum atomic E-state index is -0.845. The molecule has 7 nitrogen and oxygen atoms in total. The number of rotatable bonds is 9. The van der Waals surface area contributed by atoms with Crippen molar-refractivity contribution in [1.29, 1.82) is 0 Å². The number of hydrogen-bond donors (Lipinski definition) is 1. The smallest absolute Gasteiger partial charge is 0.308 e. The van der Waals surface area contributed by atoms with Gasteiger partial charge in [-0.25, -0.2) is 0 Å². The van der Waals surface area contributed by atoms with E-state index in [2.05, 4.69) is 12.2 Å². The molecule has 2 amide bonds. The summed E-state index contributed by atoms with van der Waals surface area (Å²) in [5.74, 6) is -0.605. The lowest BCUT2D eigenvalue weighted by Gasteiger charge is -2.36. The SMILES string of the molecule is CCCCCOC(=O)CC1C(=O)NCCN1C(=O)[C@@H](C)c1ccc2cc(OC)ccc2c1. The van der Waals surface area contributed by atoms with Crippen molar-refractivity contribution in [3.8, 4) is 5.75 Å². The Morgan fingerprint density at radius 1 is 1.16 bits per heavy atom. The summed E-state index contributed by atoms with van der Waals surface area (Å²) in [6, 6.07) is 10.8. The van der Waals surface area contributed by atoms with Crippen LogP contribution < -0.4 is 10.1 Å². The van der Waals surface area contributed by atoms with Crippen LogP contribution in [0.25, 0.3) is 10.8 Å². The summed E-state index contributed by atoms with van der Waals surface area (Å²) >= 11 is 0. The van der Waals surface area contributed by atoms with Gasteiger partial charge in [-0.2, -0.15) is 0 Å². The first-order chi connectivity index (χ1) is 15.4. The predicted octanol–water partition coefficient (Wildman–Crippen LogP) is 3.40. The van der Waals surface area contributed by atoms with Gasteiger partial charge in [0.05, 0.1) is 26.1 Å². The summed E-state index contributed by atoms with van der Waals surface area (Å²) in [5, 5.41) is 4.79. The molecule has 0 radical (unpaired) electrons. The summed E-state index contributed by atoms with van der Waals surface area (Å²) in [6.07, 6.45) is 2.68. The molecule has 0 bridgehead atoms. The van der Waals surface area contributed by atoms with Crippen molar-refractivity contribution in [2.45, 2.75) is 51.5 Å². The average molecular weight is 441 g/mol. The van der Waals surface area contributed by atoms with Crippen LogP contribution in [0.5, 0.6) is 5.75 Å². The molecule has 2 aromatic carbocycles. The van der Waals surface area contributed by atoms with Gasteiger partial charge >= 0.3 is 5.97 Å². The standard InChI is InChI=1S/C25H32N2O5/c1-4-5-6-13-32-23(28)16-22-24(29)26-11-12-27(22)25(30)17(2)18-7-8-20-15-21(31-3)10-9-19(20)14-18/h7-10,14-15,17,22H,4-6,11-13,16H2,1-3H3,(H,26,29)/t17-,22?/m0/s1. The molecule has 1 saturated heterocycles. The number of nitrogens with one attached hydrogen (secondary N) is 1. The van der Waals surface area contributed by atoms with E-state index in [-0.39, 0.29) is 18.2 Å². The van der Waals surface area contributed by atoms with Gasteiger partial charge < -0.3 is 19.7 Å². The van der Waals surface area contributed by atoms with E-state index >= 15 is 0 Å². The number of nitrogens with zero attached hydrogens (tertiary/aromatic N) is 1. The van der Waals surface area contributed by atoms with E-state index in [4.69, 9.17) is 9.47 Å². The summed E-state index contributed by atoms with van der Waals surface area (Å²) in [7, 11) is 1.63. The van der Waals surface area contributed by atoms with E-state index in [9.17, 15) is 14.4 Å². The Balaban J connectivity index is 1.72. The molecule has 7 heteroatoms. The van der Waals surface area contributed by atoms with E-state index < -0.39 is 17.9 Å². The molecule has 3 rings (SSSR count). The predicted molar refractivity (Wildman–Crippen MR) is 123 cm³/mol. The highest BCUT2D eigenvalue weighted by Gasteiger charge is 2.37. The fourth-order valence-electron chi connectivity index (χ4n) is 3.97. The maximum absolute atomic E-state index is 13.3. The van der Waals surface area contributed by atoms with Crippen molar-refractivity contribution in [3.05, 3.63) is 42.0 Å². The number of unbranched alkanes of at least 4 members (excludes halogenated alkanes) is 2. The lowest BCUT2D eigenvalue weighted by molar-refractivity contribution is -0.152. The number of piperazine rings is 1. The summed E-state index contributed by atoms with van der Waals surface area (Å²) in [5.41, 5.74) is 0.861. The fraction of sp³-hybridized carbons (Fsp3) is 0.480. The zero-order chi connectivity index (χ0) is 23.1. The molecule has 0 aromatic heterocycles. The van der Waals surface area contributed by atoms with Crippen molar-refractivity contribution in [3.63, 3.8) is 0 Å². The number of carbonyl (C=O) groups is 3. The second-order valence-corrected chi connectivity index (χ2v) is 8.16. The number of ether oxygens (including phenoxy) is 2. The van der Waals surface area contributed by atoms with Crippen LogP contribution >= 0.6 is 0 Å². The Labute approximate surface area is 189 Å². The van der Waals surface area contributed by atoms with Crippen LogP contribution in [0, 0.1) is 0 Å². The third kappa shape index (κ3) is 5.58. The number of hydrogen-bond acceptors (Lipinski definition) is 5. The molecule has 1 aliphatic rings. The Hall–Kier alpha value is -3.09. The molecule has 2 atom stereocenters. The number of methoxy groups -OCH3 is 1. The third-order valence-corrected chi connectivity index (χ3v) is 5.93. The molecule has 2 aromatic rings. The first-order valence-corrected chi connectivity index (χ1v) is 11.3. The average Bonchev–Trinajstić information content (AvgIpc) is 2.81. The van der Waals surface area contributed by atoms with Gasteiger partial charge in [-0.05, 0) is 41.8 Å². The summed E-state index contributed by atoms with van der Waals surface area (Å²) < 4.78 is 10.5. The first-order valence-electron chi connectivity index (χ1n) is 11.3. The third-order valence-electron chi connectivity index (χ3n) is 5.93. The van der Waals surface area contributed by atoms with Crippen LogP contribution in [0.3, 0.4) is 0 Å². The largest absolute Gasteiger partial charge is 0.497 e. The highest BCUT2D eigenvalue weighted by atomic mass is 16.5. The molecule has 0 saturated carbocycles. The van der Waals surface area contributed by atoms with Crippen molar-refractivity contribution < 1.29 is 23.9 Å². The second-order valence-electron chi connectivity index (χ2n) is 8.16. The zero-order valence-electron chi connectivity index (χ0n) is 19.1. The van der Waals surface area contributed by atoms with Crippen LogP contribution in [0.2, 0.25) is 0 Å². The van der Waals surface area contributed by atoms with E-state index in [1.807, 2.05) is 43.3 Å². The Bertz CT molecular complexity index is 974. The highest BCUT2D eigenvalue weighted by Crippen LogP contribution is 2.27. The van der Waals surface area contributed by atoms with Crippen molar-refractivity contribution in [2.24, 2.45) is 0 Å². The van der Waals surface area contributed by atoms with Crippen LogP contribution in [0.1, 0.15) is 51.0 Å². The van der Waals surface area contributed by atoms with Crippen LogP contribution in [-0.4, -0.2) is 55.5 Å². The van der Waals surface area contributed by atoms with E-state index in [1.165, 1.54) is 4.90 Å². The van der Waals surface area contributed by atoms with E-state index in [0.29, 0.717) is 19.7 Å². The van der Waals surface area contributed by atoms with Gasteiger partial charge in [0.1, 0.15) is 11.8 Å².